The summed E-state index contributed by atoms with van der Waals surface area (Å²) in [6.07, 6.45) is 4.66. The lowest BCUT2D eigenvalue weighted by Gasteiger charge is -2.27. The highest BCUT2D eigenvalue weighted by atomic mass is 16.2. The third-order valence-corrected chi connectivity index (χ3v) is 4.57. The molecule has 1 saturated carbocycles. The van der Waals surface area contributed by atoms with E-state index in [2.05, 4.69) is 20.9 Å². The summed E-state index contributed by atoms with van der Waals surface area (Å²) in [5.41, 5.74) is 0. The SMILES string of the molecule is CC(CC(=O)NCCN1CCNCC1)NC(=O)C1CCCC1. The van der Waals surface area contributed by atoms with Gasteiger partial charge in [-0.2, -0.15) is 0 Å². The standard InChI is InChI=1S/C16H30N4O2/c1-13(19-16(22)14-4-2-3-5-14)12-15(21)18-8-11-20-9-6-17-7-10-20/h13-14,17H,2-12H2,1H3,(H,18,21)(H,19,22). The molecule has 6 heteroatoms. The number of carbonyl (C=O) groups is 2. The Kier molecular flexibility index (Phi) is 7.12. The van der Waals surface area contributed by atoms with Crippen LogP contribution in [-0.2, 0) is 9.59 Å². The molecule has 2 rings (SSSR count). The third-order valence-electron chi connectivity index (χ3n) is 4.57. The van der Waals surface area contributed by atoms with Crippen LogP contribution in [0.15, 0.2) is 0 Å². The van der Waals surface area contributed by atoms with Crippen molar-refractivity contribution in [3.05, 3.63) is 0 Å². The van der Waals surface area contributed by atoms with Crippen molar-refractivity contribution in [3.8, 4) is 0 Å². The number of carbonyl (C=O) groups excluding carboxylic acids is 2. The topological polar surface area (TPSA) is 73.5 Å². The van der Waals surface area contributed by atoms with Gasteiger partial charge in [-0.05, 0) is 19.8 Å². The van der Waals surface area contributed by atoms with E-state index < -0.39 is 0 Å². The molecule has 0 aromatic rings. The summed E-state index contributed by atoms with van der Waals surface area (Å²) >= 11 is 0. The highest BCUT2D eigenvalue weighted by molar-refractivity contribution is 5.81. The zero-order valence-corrected chi connectivity index (χ0v) is 13.7. The van der Waals surface area contributed by atoms with E-state index in [1.54, 1.807) is 0 Å². The number of nitrogens with one attached hydrogen (secondary N) is 3. The van der Waals surface area contributed by atoms with Crippen molar-refractivity contribution < 1.29 is 9.59 Å². The highest BCUT2D eigenvalue weighted by Gasteiger charge is 2.24. The Morgan fingerprint density at radius 2 is 1.91 bits per heavy atom. The van der Waals surface area contributed by atoms with Crippen LogP contribution in [-0.4, -0.2) is 62.0 Å². The number of rotatable bonds is 7. The first-order valence-corrected chi connectivity index (χ1v) is 8.65. The van der Waals surface area contributed by atoms with Crippen molar-refractivity contribution in [1.82, 2.24) is 20.9 Å². The Morgan fingerprint density at radius 3 is 2.59 bits per heavy atom. The van der Waals surface area contributed by atoms with Crippen molar-refractivity contribution in [2.75, 3.05) is 39.3 Å². The predicted octanol–water partition coefficient (Wildman–Crippen LogP) is 0.0928. The maximum absolute atomic E-state index is 12.0. The van der Waals surface area contributed by atoms with Gasteiger partial charge in [-0.3, -0.25) is 14.5 Å². The van der Waals surface area contributed by atoms with E-state index in [0.29, 0.717) is 13.0 Å². The summed E-state index contributed by atoms with van der Waals surface area (Å²) in [4.78, 5) is 26.3. The number of nitrogens with zero attached hydrogens (tertiary/aromatic N) is 1. The first-order chi connectivity index (χ1) is 10.6. The zero-order valence-electron chi connectivity index (χ0n) is 13.7. The molecule has 22 heavy (non-hydrogen) atoms. The second-order valence-corrected chi connectivity index (χ2v) is 6.54. The van der Waals surface area contributed by atoms with E-state index in [0.717, 1.165) is 58.4 Å². The van der Waals surface area contributed by atoms with Crippen LogP contribution in [0, 0.1) is 5.92 Å². The van der Waals surface area contributed by atoms with Crippen molar-refractivity contribution in [3.63, 3.8) is 0 Å². The zero-order chi connectivity index (χ0) is 15.8. The van der Waals surface area contributed by atoms with E-state index in [1.165, 1.54) is 0 Å². The van der Waals surface area contributed by atoms with Gasteiger partial charge in [-0.15, -0.1) is 0 Å². The average molecular weight is 310 g/mol. The molecule has 1 aliphatic heterocycles. The largest absolute Gasteiger partial charge is 0.355 e. The second kappa shape index (κ2) is 9.10. The fraction of sp³-hybridized carbons (Fsp3) is 0.875. The smallest absolute Gasteiger partial charge is 0.223 e. The van der Waals surface area contributed by atoms with Crippen molar-refractivity contribution in [1.29, 1.82) is 0 Å². The summed E-state index contributed by atoms with van der Waals surface area (Å²) in [6, 6.07) is -0.0905. The number of hydrogen-bond donors (Lipinski definition) is 3. The molecule has 0 radical (unpaired) electrons. The number of amides is 2. The minimum absolute atomic E-state index is 0.0226. The van der Waals surface area contributed by atoms with Gasteiger partial charge in [0.05, 0.1) is 0 Å². The van der Waals surface area contributed by atoms with Crippen molar-refractivity contribution >= 4 is 11.8 Å². The van der Waals surface area contributed by atoms with Crippen LogP contribution in [0.4, 0.5) is 0 Å². The summed E-state index contributed by atoms with van der Waals surface area (Å²) < 4.78 is 0. The normalized spacial score (nSPS) is 21.5. The van der Waals surface area contributed by atoms with Gasteiger partial charge in [-0.1, -0.05) is 12.8 Å². The van der Waals surface area contributed by atoms with Gasteiger partial charge in [0.2, 0.25) is 11.8 Å². The van der Waals surface area contributed by atoms with Crippen LogP contribution < -0.4 is 16.0 Å². The Bertz CT molecular complexity index is 363. The Labute approximate surface area is 133 Å². The minimum atomic E-state index is -0.0905. The lowest BCUT2D eigenvalue weighted by atomic mass is 10.1. The van der Waals surface area contributed by atoms with Crippen LogP contribution in [0.3, 0.4) is 0 Å². The van der Waals surface area contributed by atoms with Gasteiger partial charge < -0.3 is 16.0 Å². The first-order valence-electron chi connectivity index (χ1n) is 8.65. The van der Waals surface area contributed by atoms with Gasteiger partial charge >= 0.3 is 0 Å². The molecule has 1 heterocycles. The molecule has 2 fully saturated rings. The minimum Gasteiger partial charge on any atom is -0.355 e. The van der Waals surface area contributed by atoms with Gasteiger partial charge in [0.15, 0.2) is 0 Å². The van der Waals surface area contributed by atoms with Gasteiger partial charge in [0.25, 0.3) is 0 Å². The van der Waals surface area contributed by atoms with Gasteiger partial charge in [0.1, 0.15) is 0 Å². The predicted molar refractivity (Wildman–Crippen MR) is 86.5 cm³/mol. The van der Waals surface area contributed by atoms with Crippen LogP contribution in [0.5, 0.6) is 0 Å². The molecule has 1 atom stereocenters. The van der Waals surface area contributed by atoms with Gasteiger partial charge in [-0.25, -0.2) is 0 Å². The van der Waals surface area contributed by atoms with Crippen molar-refractivity contribution in [2.24, 2.45) is 5.92 Å². The van der Waals surface area contributed by atoms with E-state index >= 15 is 0 Å². The molecule has 0 bridgehead atoms. The first kappa shape index (κ1) is 17.2. The maximum Gasteiger partial charge on any atom is 0.223 e. The Morgan fingerprint density at radius 1 is 1.23 bits per heavy atom. The molecular weight excluding hydrogens is 280 g/mol. The molecule has 1 unspecified atom stereocenters. The summed E-state index contributed by atoms with van der Waals surface area (Å²) in [5, 5.41) is 9.24. The molecule has 6 nitrogen and oxygen atoms in total. The average Bonchev–Trinajstić information content (AvgIpc) is 3.02. The van der Waals surface area contributed by atoms with E-state index in [1.807, 2.05) is 6.92 Å². The van der Waals surface area contributed by atoms with E-state index in [-0.39, 0.29) is 23.8 Å². The number of piperazine rings is 1. The maximum atomic E-state index is 12.0. The molecule has 0 aromatic carbocycles. The van der Waals surface area contributed by atoms with Crippen LogP contribution in [0.25, 0.3) is 0 Å². The summed E-state index contributed by atoms with van der Waals surface area (Å²) in [7, 11) is 0. The molecule has 3 N–H and O–H groups in total. The Hall–Kier alpha value is -1.14. The highest BCUT2D eigenvalue weighted by Crippen LogP contribution is 2.24. The molecular formula is C16H30N4O2. The quantitative estimate of drug-likeness (QED) is 0.623. The molecule has 0 spiro atoms. The lowest BCUT2D eigenvalue weighted by molar-refractivity contribution is -0.126. The van der Waals surface area contributed by atoms with Crippen LogP contribution in [0.1, 0.15) is 39.0 Å². The summed E-state index contributed by atoms with van der Waals surface area (Å²) in [6.45, 7) is 7.63. The monoisotopic (exact) mass is 310 g/mol. The fourth-order valence-electron chi connectivity index (χ4n) is 3.24. The fourth-order valence-corrected chi connectivity index (χ4v) is 3.24. The Balaban J connectivity index is 1.56. The third kappa shape index (κ3) is 5.93. The van der Waals surface area contributed by atoms with E-state index in [9.17, 15) is 9.59 Å². The van der Waals surface area contributed by atoms with Crippen LogP contribution in [0.2, 0.25) is 0 Å². The lowest BCUT2D eigenvalue weighted by Crippen LogP contribution is -2.46. The molecule has 0 aromatic heterocycles. The molecule has 1 saturated heterocycles. The molecule has 2 aliphatic rings. The second-order valence-electron chi connectivity index (χ2n) is 6.54. The van der Waals surface area contributed by atoms with Crippen molar-refractivity contribution in [2.45, 2.75) is 45.1 Å². The molecule has 2 amide bonds. The number of hydrogen-bond acceptors (Lipinski definition) is 4. The molecule has 1 aliphatic carbocycles. The molecule has 126 valence electrons. The van der Waals surface area contributed by atoms with Gasteiger partial charge in [0, 0.05) is 57.6 Å². The summed E-state index contributed by atoms with van der Waals surface area (Å²) in [5.74, 6) is 0.311. The van der Waals surface area contributed by atoms with Crippen LogP contribution >= 0.6 is 0 Å². The van der Waals surface area contributed by atoms with E-state index in [4.69, 9.17) is 0 Å².